The minimum absolute atomic E-state index is 0.0489. The fraction of sp³-hybridized carbons (Fsp3) is 0.267. The predicted molar refractivity (Wildman–Crippen MR) is 93.1 cm³/mol. The quantitative estimate of drug-likeness (QED) is 0.449. The van der Waals surface area contributed by atoms with E-state index in [9.17, 15) is 19.6 Å². The lowest BCUT2D eigenvalue weighted by Crippen LogP contribution is -2.70. The van der Waals surface area contributed by atoms with Gasteiger partial charge in [-0.1, -0.05) is 23.2 Å². The summed E-state index contributed by atoms with van der Waals surface area (Å²) >= 11 is 16.8. The molecular formula is C15H11Cl2N3O4S. The van der Waals surface area contributed by atoms with Gasteiger partial charge in [-0.3, -0.25) is 9.59 Å². The van der Waals surface area contributed by atoms with Crippen molar-refractivity contribution in [3.8, 4) is 6.07 Å². The lowest BCUT2D eigenvalue weighted by molar-refractivity contribution is -0.152. The average Bonchev–Trinajstić information content (AvgIpc) is 2.55. The number of ether oxygens (including phenoxy) is 1. The van der Waals surface area contributed by atoms with Crippen molar-refractivity contribution in [2.45, 2.75) is 12.0 Å². The number of nitrogens with one attached hydrogen (secondary N) is 2. The number of amides is 1. The van der Waals surface area contributed by atoms with Crippen LogP contribution in [0.5, 0.6) is 0 Å². The highest BCUT2D eigenvalue weighted by atomic mass is 35.5. The Balaban J connectivity index is 2.51. The Morgan fingerprint density at radius 1 is 1.44 bits per heavy atom. The predicted octanol–water partition coefficient (Wildman–Crippen LogP) is 1.62. The van der Waals surface area contributed by atoms with Gasteiger partial charge in [0.25, 0.3) is 0 Å². The molecule has 0 bridgehead atoms. The first-order valence-corrected chi connectivity index (χ1v) is 8.01. The fourth-order valence-electron chi connectivity index (χ4n) is 2.51. The van der Waals surface area contributed by atoms with Gasteiger partial charge in [0, 0.05) is 17.0 Å². The summed E-state index contributed by atoms with van der Waals surface area (Å²) in [5, 5.41) is 14.3. The SMILES string of the molecule is COC(=O)[C@@]1(CC(=O)c2cc(Cl)ccc2Cl)NC(=S)NC(=O)[C@@H]1C#N. The number of ketones is 1. The van der Waals surface area contributed by atoms with E-state index in [-0.39, 0.29) is 20.7 Å². The maximum atomic E-state index is 12.7. The number of carbonyl (C=O) groups is 3. The molecular weight excluding hydrogens is 389 g/mol. The number of hydrogen-bond donors (Lipinski definition) is 2. The zero-order valence-electron chi connectivity index (χ0n) is 12.8. The van der Waals surface area contributed by atoms with Crippen LogP contribution in [0.4, 0.5) is 0 Å². The number of Topliss-reactive ketones (excluding diaryl/α,β-unsaturated/α-hetero) is 1. The summed E-state index contributed by atoms with van der Waals surface area (Å²) in [6.07, 6.45) is -0.578. The molecule has 1 aliphatic rings. The second-order valence-electron chi connectivity index (χ2n) is 5.19. The van der Waals surface area contributed by atoms with Gasteiger partial charge in [-0.15, -0.1) is 0 Å². The summed E-state index contributed by atoms with van der Waals surface area (Å²) in [7, 11) is 1.08. The maximum absolute atomic E-state index is 12.7. The van der Waals surface area contributed by atoms with Crippen molar-refractivity contribution in [2.24, 2.45) is 5.92 Å². The van der Waals surface area contributed by atoms with Gasteiger partial charge < -0.3 is 15.4 Å². The first-order valence-electron chi connectivity index (χ1n) is 6.84. The molecule has 1 saturated heterocycles. The van der Waals surface area contributed by atoms with E-state index in [1.54, 1.807) is 6.07 Å². The second-order valence-corrected chi connectivity index (χ2v) is 6.44. The zero-order chi connectivity index (χ0) is 18.8. The molecule has 2 N–H and O–H groups in total. The number of methoxy groups -OCH3 is 1. The second kappa shape index (κ2) is 7.35. The molecule has 1 aromatic rings. The summed E-state index contributed by atoms with van der Waals surface area (Å²) in [4.78, 5) is 37.2. The minimum Gasteiger partial charge on any atom is -0.467 e. The molecule has 1 amide bonds. The molecule has 1 aliphatic heterocycles. The van der Waals surface area contributed by atoms with Crippen LogP contribution in [0.25, 0.3) is 0 Å². The van der Waals surface area contributed by atoms with E-state index >= 15 is 0 Å². The molecule has 2 atom stereocenters. The molecule has 7 nitrogen and oxygen atoms in total. The summed E-state index contributed by atoms with van der Waals surface area (Å²) < 4.78 is 4.71. The van der Waals surface area contributed by atoms with E-state index in [4.69, 9.17) is 40.2 Å². The van der Waals surface area contributed by atoms with Crippen LogP contribution >= 0.6 is 35.4 Å². The number of carbonyl (C=O) groups excluding carboxylic acids is 3. The number of esters is 1. The number of nitriles is 1. The Kier molecular flexibility index (Phi) is 5.62. The van der Waals surface area contributed by atoms with Gasteiger partial charge in [0.15, 0.2) is 22.4 Å². The Labute approximate surface area is 158 Å². The Hall–Kier alpha value is -2.21. The number of benzene rings is 1. The van der Waals surface area contributed by atoms with Crippen molar-refractivity contribution in [3.63, 3.8) is 0 Å². The fourth-order valence-corrected chi connectivity index (χ4v) is 3.19. The van der Waals surface area contributed by atoms with Crippen molar-refractivity contribution in [1.29, 1.82) is 5.26 Å². The lowest BCUT2D eigenvalue weighted by Gasteiger charge is -2.38. The van der Waals surface area contributed by atoms with E-state index in [2.05, 4.69) is 10.6 Å². The van der Waals surface area contributed by atoms with Gasteiger partial charge in [-0.2, -0.15) is 5.26 Å². The van der Waals surface area contributed by atoms with Crippen LogP contribution in [0.15, 0.2) is 18.2 Å². The average molecular weight is 400 g/mol. The van der Waals surface area contributed by atoms with Crippen LogP contribution in [0, 0.1) is 17.2 Å². The third-order valence-corrected chi connectivity index (χ3v) is 4.44. The third-order valence-electron chi connectivity index (χ3n) is 3.68. The van der Waals surface area contributed by atoms with Crippen molar-refractivity contribution in [3.05, 3.63) is 33.8 Å². The van der Waals surface area contributed by atoms with Gasteiger partial charge in [0.1, 0.15) is 0 Å². The number of rotatable bonds is 4. The molecule has 2 rings (SSSR count). The molecule has 10 heteroatoms. The minimum atomic E-state index is -1.97. The van der Waals surface area contributed by atoms with Crippen molar-refractivity contribution in [2.75, 3.05) is 7.11 Å². The number of halogens is 2. The molecule has 25 heavy (non-hydrogen) atoms. The first kappa shape index (κ1) is 19.1. The van der Waals surface area contributed by atoms with Crippen molar-refractivity contribution >= 4 is 58.2 Å². The van der Waals surface area contributed by atoms with E-state index in [0.717, 1.165) is 7.11 Å². The van der Waals surface area contributed by atoms with Crippen LogP contribution in [-0.2, 0) is 14.3 Å². The topological polar surface area (TPSA) is 108 Å². The largest absolute Gasteiger partial charge is 0.467 e. The normalized spacial score (nSPS) is 22.4. The van der Waals surface area contributed by atoms with Gasteiger partial charge in [-0.25, -0.2) is 4.79 Å². The molecule has 0 radical (unpaired) electrons. The molecule has 0 aliphatic carbocycles. The van der Waals surface area contributed by atoms with Gasteiger partial charge in [-0.05, 0) is 30.4 Å². The molecule has 1 aromatic carbocycles. The highest BCUT2D eigenvalue weighted by Gasteiger charge is 2.55. The standard InChI is InChI=1S/C15H11Cl2N3O4S/c1-24-13(23)15(9(6-18)12(22)19-14(25)20-15)5-11(21)8-4-7(16)2-3-10(8)17/h2-4,9H,5H2,1H3,(H2,19,20,22,25)/t9-,15-/m0/s1. The summed E-state index contributed by atoms with van der Waals surface area (Å²) in [5.41, 5.74) is -1.92. The monoisotopic (exact) mass is 399 g/mol. The molecule has 1 heterocycles. The van der Waals surface area contributed by atoms with Crippen LogP contribution in [-0.4, -0.2) is 35.4 Å². The highest BCUT2D eigenvalue weighted by molar-refractivity contribution is 7.80. The highest BCUT2D eigenvalue weighted by Crippen LogP contribution is 2.30. The molecule has 0 unspecified atom stereocenters. The Morgan fingerprint density at radius 2 is 2.12 bits per heavy atom. The summed E-state index contributed by atoms with van der Waals surface area (Å²) in [6.45, 7) is 0. The van der Waals surface area contributed by atoms with Gasteiger partial charge in [0.05, 0.1) is 18.2 Å². The van der Waals surface area contributed by atoms with Crippen molar-refractivity contribution < 1.29 is 19.1 Å². The zero-order valence-corrected chi connectivity index (χ0v) is 15.1. The molecule has 0 spiro atoms. The number of hydrogen-bond acceptors (Lipinski definition) is 6. The van der Waals surface area contributed by atoms with Crippen LogP contribution in [0.3, 0.4) is 0 Å². The Bertz CT molecular complexity index is 823. The number of nitrogens with zero attached hydrogens (tertiary/aromatic N) is 1. The Morgan fingerprint density at radius 3 is 2.72 bits per heavy atom. The maximum Gasteiger partial charge on any atom is 0.334 e. The molecule has 1 fully saturated rings. The third kappa shape index (κ3) is 3.58. The molecule has 0 saturated carbocycles. The molecule has 0 aromatic heterocycles. The van der Waals surface area contributed by atoms with Gasteiger partial charge in [0.2, 0.25) is 5.91 Å². The van der Waals surface area contributed by atoms with Crippen LogP contribution in [0.1, 0.15) is 16.8 Å². The summed E-state index contributed by atoms with van der Waals surface area (Å²) in [5.74, 6) is -3.92. The van der Waals surface area contributed by atoms with E-state index < -0.39 is 35.5 Å². The first-order chi connectivity index (χ1) is 11.7. The molecule has 130 valence electrons. The van der Waals surface area contributed by atoms with Crippen LogP contribution < -0.4 is 10.6 Å². The van der Waals surface area contributed by atoms with E-state index in [1.807, 2.05) is 0 Å². The summed E-state index contributed by atoms with van der Waals surface area (Å²) in [6, 6.07) is 5.97. The van der Waals surface area contributed by atoms with Crippen LogP contribution in [0.2, 0.25) is 10.0 Å². The smallest absolute Gasteiger partial charge is 0.334 e. The number of thiocarbonyl (C=S) groups is 1. The van der Waals surface area contributed by atoms with E-state index in [1.165, 1.54) is 18.2 Å². The van der Waals surface area contributed by atoms with Gasteiger partial charge >= 0.3 is 5.97 Å². The lowest BCUT2D eigenvalue weighted by atomic mass is 9.77. The van der Waals surface area contributed by atoms with E-state index in [0.29, 0.717) is 0 Å². The van der Waals surface area contributed by atoms with Crippen molar-refractivity contribution in [1.82, 2.24) is 10.6 Å².